The number of fused-ring (bicyclic) bond motifs is 2. The van der Waals surface area contributed by atoms with E-state index >= 15 is 0 Å². The number of pyridine rings is 3. The topological polar surface area (TPSA) is 92.4 Å². The highest BCUT2D eigenvalue weighted by molar-refractivity contribution is 6.01. The van der Waals surface area contributed by atoms with Gasteiger partial charge in [0.05, 0.1) is 36.2 Å². The fourth-order valence-electron chi connectivity index (χ4n) is 4.02. The molecule has 5 heterocycles. The number of hydrogen-bond acceptors (Lipinski definition) is 5. The van der Waals surface area contributed by atoms with E-state index in [2.05, 4.69) is 48.3 Å². The average Bonchev–Trinajstić information content (AvgIpc) is 3.48. The van der Waals surface area contributed by atoms with Gasteiger partial charge in [0.2, 0.25) is 0 Å². The molecule has 6 rings (SSSR count). The van der Waals surface area contributed by atoms with Gasteiger partial charge in [-0.25, -0.2) is 0 Å². The first kappa shape index (κ1) is 18.3. The molecule has 0 unspecified atom stereocenters. The standard InChI is InChI=1S/C25H18N6O/c1-32-18-7-17(11-27-12-18)15-4-5-22-20(8-15)25(31-30-22)23-9-19-21(13-28-14-24(19)29-23)16-3-2-6-26-10-16/h2-14,29H,1H3,(H,30,31). The van der Waals surface area contributed by atoms with Crippen molar-refractivity contribution in [3.63, 3.8) is 0 Å². The average molecular weight is 418 g/mol. The molecule has 7 heteroatoms. The molecule has 32 heavy (non-hydrogen) atoms. The highest BCUT2D eigenvalue weighted by Crippen LogP contribution is 2.34. The smallest absolute Gasteiger partial charge is 0.137 e. The van der Waals surface area contributed by atoms with Crippen LogP contribution in [0, 0.1) is 0 Å². The van der Waals surface area contributed by atoms with Crippen LogP contribution in [0.1, 0.15) is 0 Å². The molecule has 154 valence electrons. The highest BCUT2D eigenvalue weighted by Gasteiger charge is 2.15. The zero-order valence-electron chi connectivity index (χ0n) is 17.2. The summed E-state index contributed by atoms with van der Waals surface area (Å²) in [5.41, 5.74) is 7.77. The van der Waals surface area contributed by atoms with Gasteiger partial charge in [0.15, 0.2) is 0 Å². The summed E-state index contributed by atoms with van der Waals surface area (Å²) in [6, 6.07) is 14.3. The van der Waals surface area contributed by atoms with Gasteiger partial charge >= 0.3 is 0 Å². The number of hydrogen-bond donors (Lipinski definition) is 2. The van der Waals surface area contributed by atoms with Crippen molar-refractivity contribution in [3.8, 4) is 39.4 Å². The minimum absolute atomic E-state index is 0.723. The lowest BCUT2D eigenvalue weighted by Gasteiger charge is -2.04. The SMILES string of the molecule is COc1cncc(-c2ccc3[nH]nc(-c4cc5c(-c6cccnc6)cncc5[nH]4)c3c2)c1. The van der Waals surface area contributed by atoms with Crippen molar-refractivity contribution >= 4 is 21.8 Å². The Morgan fingerprint density at radius 1 is 0.750 bits per heavy atom. The minimum atomic E-state index is 0.723. The lowest BCUT2D eigenvalue weighted by molar-refractivity contribution is 0.413. The monoisotopic (exact) mass is 418 g/mol. The van der Waals surface area contributed by atoms with Gasteiger partial charge in [0.25, 0.3) is 0 Å². The Morgan fingerprint density at radius 2 is 1.66 bits per heavy atom. The Bertz CT molecular complexity index is 1570. The van der Waals surface area contributed by atoms with E-state index in [4.69, 9.17) is 4.74 Å². The van der Waals surface area contributed by atoms with Crippen molar-refractivity contribution in [1.82, 2.24) is 30.1 Å². The van der Waals surface area contributed by atoms with Crippen LogP contribution in [0.2, 0.25) is 0 Å². The van der Waals surface area contributed by atoms with Crippen molar-refractivity contribution < 1.29 is 4.74 Å². The van der Waals surface area contributed by atoms with Crippen LogP contribution in [0.15, 0.2) is 79.6 Å². The lowest BCUT2D eigenvalue weighted by Crippen LogP contribution is -1.86. The number of ether oxygens (including phenoxy) is 1. The normalized spacial score (nSPS) is 11.3. The number of aromatic amines is 2. The van der Waals surface area contributed by atoms with Gasteiger partial charge in [-0.3, -0.25) is 20.1 Å². The van der Waals surface area contributed by atoms with Crippen LogP contribution in [0.3, 0.4) is 0 Å². The number of aromatic nitrogens is 6. The van der Waals surface area contributed by atoms with Gasteiger partial charge in [0, 0.05) is 52.3 Å². The molecule has 0 saturated heterocycles. The second-order valence-corrected chi connectivity index (χ2v) is 7.52. The Labute approximate surface area is 183 Å². The van der Waals surface area contributed by atoms with Crippen LogP contribution in [-0.4, -0.2) is 37.2 Å². The van der Waals surface area contributed by atoms with E-state index in [1.807, 2.05) is 49.1 Å². The first-order valence-electron chi connectivity index (χ1n) is 10.2. The maximum Gasteiger partial charge on any atom is 0.137 e. The molecule has 0 amide bonds. The van der Waals surface area contributed by atoms with Gasteiger partial charge < -0.3 is 9.72 Å². The van der Waals surface area contributed by atoms with E-state index in [-0.39, 0.29) is 0 Å². The Morgan fingerprint density at radius 3 is 2.53 bits per heavy atom. The summed E-state index contributed by atoms with van der Waals surface area (Å²) in [5, 5.41) is 9.84. The Balaban J connectivity index is 1.50. The molecule has 6 aromatic rings. The van der Waals surface area contributed by atoms with Crippen LogP contribution < -0.4 is 4.74 Å². The van der Waals surface area contributed by atoms with E-state index < -0.39 is 0 Å². The number of nitrogens with zero attached hydrogens (tertiary/aromatic N) is 4. The minimum Gasteiger partial charge on any atom is -0.495 e. The number of benzene rings is 1. The molecule has 0 aliphatic carbocycles. The summed E-state index contributed by atoms with van der Waals surface area (Å²) in [5.74, 6) is 0.723. The Kier molecular flexibility index (Phi) is 4.18. The molecule has 5 aromatic heterocycles. The highest BCUT2D eigenvalue weighted by atomic mass is 16.5. The molecule has 7 nitrogen and oxygen atoms in total. The lowest BCUT2D eigenvalue weighted by atomic mass is 10.0. The maximum atomic E-state index is 5.33. The summed E-state index contributed by atoms with van der Waals surface area (Å²) in [4.78, 5) is 16.4. The van der Waals surface area contributed by atoms with Crippen LogP contribution in [0.4, 0.5) is 0 Å². The van der Waals surface area contributed by atoms with Crippen LogP contribution in [0.25, 0.3) is 55.4 Å². The van der Waals surface area contributed by atoms with E-state index in [0.717, 1.165) is 61.2 Å². The number of H-pyrrole nitrogens is 2. The predicted molar refractivity (Wildman–Crippen MR) is 124 cm³/mol. The third-order valence-electron chi connectivity index (χ3n) is 5.62. The van der Waals surface area contributed by atoms with Crippen molar-refractivity contribution in [1.29, 1.82) is 0 Å². The predicted octanol–water partition coefficient (Wildman–Crippen LogP) is 5.24. The van der Waals surface area contributed by atoms with Crippen molar-refractivity contribution in [2.24, 2.45) is 0 Å². The zero-order valence-corrected chi connectivity index (χ0v) is 17.2. The molecule has 0 aliphatic heterocycles. The fourth-order valence-corrected chi connectivity index (χ4v) is 4.02. The molecular formula is C25H18N6O. The summed E-state index contributed by atoms with van der Waals surface area (Å²) in [6.45, 7) is 0. The molecule has 0 saturated carbocycles. The van der Waals surface area contributed by atoms with E-state index in [1.165, 1.54) is 0 Å². The van der Waals surface area contributed by atoms with Crippen LogP contribution in [-0.2, 0) is 0 Å². The second kappa shape index (κ2) is 7.31. The van der Waals surface area contributed by atoms with Crippen molar-refractivity contribution in [3.05, 3.63) is 79.6 Å². The fraction of sp³-hybridized carbons (Fsp3) is 0.0400. The first-order chi connectivity index (χ1) is 15.8. The van der Waals surface area contributed by atoms with Gasteiger partial charge in [-0.05, 0) is 35.9 Å². The molecule has 0 spiro atoms. The third kappa shape index (κ3) is 2.99. The van der Waals surface area contributed by atoms with Gasteiger partial charge in [0.1, 0.15) is 11.4 Å². The van der Waals surface area contributed by atoms with E-state index in [0.29, 0.717) is 0 Å². The maximum absolute atomic E-state index is 5.33. The van der Waals surface area contributed by atoms with Crippen molar-refractivity contribution in [2.75, 3.05) is 7.11 Å². The van der Waals surface area contributed by atoms with E-state index in [1.54, 1.807) is 19.5 Å². The molecular weight excluding hydrogens is 400 g/mol. The largest absolute Gasteiger partial charge is 0.495 e. The molecule has 0 aliphatic rings. The van der Waals surface area contributed by atoms with Crippen LogP contribution >= 0.6 is 0 Å². The summed E-state index contributed by atoms with van der Waals surface area (Å²) in [7, 11) is 1.64. The van der Waals surface area contributed by atoms with Crippen LogP contribution in [0.5, 0.6) is 5.75 Å². The summed E-state index contributed by atoms with van der Waals surface area (Å²) >= 11 is 0. The quantitative estimate of drug-likeness (QED) is 0.408. The number of rotatable bonds is 4. The molecule has 2 N–H and O–H groups in total. The molecule has 0 bridgehead atoms. The number of nitrogens with one attached hydrogen (secondary N) is 2. The molecule has 0 radical (unpaired) electrons. The molecule has 1 aromatic carbocycles. The summed E-state index contributed by atoms with van der Waals surface area (Å²) < 4.78 is 5.33. The second-order valence-electron chi connectivity index (χ2n) is 7.52. The van der Waals surface area contributed by atoms with Gasteiger partial charge in [-0.1, -0.05) is 12.1 Å². The third-order valence-corrected chi connectivity index (χ3v) is 5.62. The zero-order chi connectivity index (χ0) is 21.5. The summed E-state index contributed by atoms with van der Waals surface area (Å²) in [6.07, 6.45) is 10.8. The van der Waals surface area contributed by atoms with E-state index in [9.17, 15) is 0 Å². The van der Waals surface area contributed by atoms with Gasteiger partial charge in [-0.15, -0.1) is 0 Å². The van der Waals surface area contributed by atoms with Crippen molar-refractivity contribution in [2.45, 2.75) is 0 Å². The first-order valence-corrected chi connectivity index (χ1v) is 10.2. The Hall–Kier alpha value is -4.52. The number of methoxy groups -OCH3 is 1. The van der Waals surface area contributed by atoms with Gasteiger partial charge in [-0.2, -0.15) is 5.10 Å². The molecule has 0 atom stereocenters. The molecule has 0 fully saturated rings.